The Morgan fingerprint density at radius 1 is 0.373 bits per heavy atom. The summed E-state index contributed by atoms with van der Waals surface area (Å²) in [6, 6.07) is 65.3. The standard InChI is InChI=1S/C46H30BN3O/c1-3-18-32(19-4-1)48-38-25-11-9-23-35(38)47-36-24-10-14-29-42(36)51-43-30-41-45(46(48)44(43)47)49(33-20-5-2-6-21-33)39-26-12-13-27-40(39)50(41)37-28-15-17-31-16-7-8-22-34(31)37/h1-30H. The number of fused-ring (bicyclic) bond motifs is 8. The minimum absolute atomic E-state index is 0.0118. The van der Waals surface area contributed by atoms with E-state index < -0.39 is 0 Å². The van der Waals surface area contributed by atoms with Crippen LogP contribution in [-0.4, -0.2) is 6.71 Å². The SMILES string of the molecule is c1ccc(N2c3ccccc3N(c3cccc4ccccc34)c3cc4c5c(c32)N(c2ccccc2)c2ccccc2B5c2ccccc2O4)cc1. The summed E-state index contributed by atoms with van der Waals surface area (Å²) < 4.78 is 7.02. The van der Waals surface area contributed by atoms with Crippen molar-refractivity contribution >= 4 is 85.1 Å². The average Bonchev–Trinajstić information content (AvgIpc) is 3.20. The molecule has 0 bridgehead atoms. The minimum atomic E-state index is -0.0118. The lowest BCUT2D eigenvalue weighted by Gasteiger charge is -2.47. The van der Waals surface area contributed by atoms with E-state index in [2.05, 4.69) is 197 Å². The third-order valence-corrected chi connectivity index (χ3v) is 10.6. The second-order valence-electron chi connectivity index (χ2n) is 13.3. The summed E-state index contributed by atoms with van der Waals surface area (Å²) in [4.78, 5) is 7.38. The monoisotopic (exact) mass is 651 g/mol. The van der Waals surface area contributed by atoms with Crippen LogP contribution in [0.15, 0.2) is 182 Å². The van der Waals surface area contributed by atoms with Crippen molar-refractivity contribution in [2.24, 2.45) is 0 Å². The van der Waals surface area contributed by atoms with Crippen LogP contribution in [0, 0.1) is 0 Å². The maximum Gasteiger partial charge on any atom is 0.256 e. The number of hydrogen-bond donors (Lipinski definition) is 0. The maximum atomic E-state index is 7.02. The predicted molar refractivity (Wildman–Crippen MR) is 213 cm³/mol. The number of hydrogen-bond acceptors (Lipinski definition) is 4. The van der Waals surface area contributed by atoms with Crippen LogP contribution in [0.3, 0.4) is 0 Å². The summed E-state index contributed by atoms with van der Waals surface area (Å²) in [5.74, 6) is 1.78. The van der Waals surface area contributed by atoms with Crippen molar-refractivity contribution in [3.63, 3.8) is 0 Å². The van der Waals surface area contributed by atoms with Gasteiger partial charge in [0.2, 0.25) is 0 Å². The third-order valence-electron chi connectivity index (χ3n) is 10.6. The van der Waals surface area contributed by atoms with E-state index in [-0.39, 0.29) is 6.71 Å². The molecule has 0 atom stereocenters. The summed E-state index contributed by atoms with van der Waals surface area (Å²) in [6.45, 7) is -0.0118. The highest BCUT2D eigenvalue weighted by Crippen LogP contribution is 2.60. The van der Waals surface area contributed by atoms with Gasteiger partial charge in [0.15, 0.2) is 0 Å². The first-order chi connectivity index (χ1) is 25.3. The fourth-order valence-corrected chi connectivity index (χ4v) is 8.53. The smallest absolute Gasteiger partial charge is 0.256 e. The average molecular weight is 652 g/mol. The van der Waals surface area contributed by atoms with Crippen LogP contribution in [0.2, 0.25) is 0 Å². The van der Waals surface area contributed by atoms with Crippen molar-refractivity contribution in [3.05, 3.63) is 182 Å². The van der Waals surface area contributed by atoms with Crippen LogP contribution in [0.5, 0.6) is 11.5 Å². The van der Waals surface area contributed by atoms with E-state index in [0.29, 0.717) is 0 Å². The second kappa shape index (κ2) is 10.9. The van der Waals surface area contributed by atoms with E-state index in [1.165, 1.54) is 32.8 Å². The first-order valence-electron chi connectivity index (χ1n) is 17.5. The summed E-state index contributed by atoms with van der Waals surface area (Å²) in [7, 11) is 0. The van der Waals surface area contributed by atoms with Crippen molar-refractivity contribution in [2.75, 3.05) is 14.7 Å². The Balaban J connectivity index is 1.33. The van der Waals surface area contributed by atoms with E-state index in [1.54, 1.807) is 0 Å². The van der Waals surface area contributed by atoms with E-state index in [9.17, 15) is 0 Å². The molecule has 8 aromatic rings. The van der Waals surface area contributed by atoms with Crippen molar-refractivity contribution in [1.82, 2.24) is 0 Å². The lowest BCUT2D eigenvalue weighted by Crippen LogP contribution is -2.59. The lowest BCUT2D eigenvalue weighted by atomic mass is 9.34. The van der Waals surface area contributed by atoms with Crippen molar-refractivity contribution in [1.29, 1.82) is 0 Å². The summed E-state index contributed by atoms with van der Waals surface area (Å²) in [6.07, 6.45) is 0. The Hall–Kier alpha value is -6.72. The molecule has 0 spiro atoms. The molecule has 11 rings (SSSR count). The van der Waals surface area contributed by atoms with Gasteiger partial charge in [-0.1, -0.05) is 121 Å². The van der Waals surface area contributed by atoms with Crippen LogP contribution in [0.25, 0.3) is 10.8 Å². The van der Waals surface area contributed by atoms with Gasteiger partial charge in [0.25, 0.3) is 6.71 Å². The van der Waals surface area contributed by atoms with Crippen LogP contribution < -0.4 is 35.8 Å². The molecule has 5 heteroatoms. The quantitative estimate of drug-likeness (QED) is 0.177. The number of nitrogens with zero attached hydrogens (tertiary/aromatic N) is 3. The molecule has 3 aliphatic heterocycles. The van der Waals surface area contributed by atoms with E-state index in [1.807, 2.05) is 0 Å². The molecule has 0 N–H and O–H groups in total. The normalized spacial score (nSPS) is 13.5. The molecule has 0 aromatic heterocycles. The Kier molecular flexibility index (Phi) is 6.01. The largest absolute Gasteiger partial charge is 0.458 e. The topological polar surface area (TPSA) is 19.0 Å². The third kappa shape index (κ3) is 4.03. The minimum Gasteiger partial charge on any atom is -0.458 e. The predicted octanol–water partition coefficient (Wildman–Crippen LogP) is 10.5. The molecule has 3 heterocycles. The molecule has 0 amide bonds. The highest BCUT2D eigenvalue weighted by molar-refractivity contribution is 6.99. The van der Waals surface area contributed by atoms with Crippen LogP contribution >= 0.6 is 0 Å². The first-order valence-corrected chi connectivity index (χ1v) is 17.5. The van der Waals surface area contributed by atoms with Crippen LogP contribution in [0.1, 0.15) is 0 Å². The van der Waals surface area contributed by atoms with Crippen molar-refractivity contribution in [2.45, 2.75) is 0 Å². The van der Waals surface area contributed by atoms with Gasteiger partial charge in [0, 0.05) is 28.5 Å². The number of ether oxygens (including phenoxy) is 1. The molecular formula is C46H30BN3O. The number of para-hydroxylation sites is 6. The molecule has 4 nitrogen and oxygen atoms in total. The zero-order chi connectivity index (χ0) is 33.5. The lowest BCUT2D eigenvalue weighted by molar-refractivity contribution is 0.487. The van der Waals surface area contributed by atoms with Gasteiger partial charge in [-0.15, -0.1) is 0 Å². The molecule has 0 fully saturated rings. The Bertz CT molecular complexity index is 2650. The zero-order valence-corrected chi connectivity index (χ0v) is 27.6. The van der Waals surface area contributed by atoms with Gasteiger partial charge < -0.3 is 19.4 Å². The summed E-state index contributed by atoms with van der Waals surface area (Å²) in [5, 5.41) is 2.39. The molecule has 8 aromatic carbocycles. The van der Waals surface area contributed by atoms with Gasteiger partial charge in [-0.05, 0) is 76.4 Å². The van der Waals surface area contributed by atoms with Crippen LogP contribution in [0.4, 0.5) is 51.2 Å². The fourth-order valence-electron chi connectivity index (χ4n) is 8.53. The molecule has 238 valence electrons. The Morgan fingerprint density at radius 3 is 1.69 bits per heavy atom. The van der Waals surface area contributed by atoms with Gasteiger partial charge in [0.1, 0.15) is 11.5 Å². The van der Waals surface area contributed by atoms with E-state index >= 15 is 0 Å². The Morgan fingerprint density at radius 2 is 0.922 bits per heavy atom. The van der Waals surface area contributed by atoms with Gasteiger partial charge in [-0.2, -0.15) is 0 Å². The highest BCUT2D eigenvalue weighted by atomic mass is 16.5. The molecular weight excluding hydrogens is 621 g/mol. The zero-order valence-electron chi connectivity index (χ0n) is 27.6. The van der Waals surface area contributed by atoms with Crippen molar-refractivity contribution in [3.8, 4) is 11.5 Å². The highest BCUT2D eigenvalue weighted by Gasteiger charge is 2.46. The van der Waals surface area contributed by atoms with Gasteiger partial charge in [-0.3, -0.25) is 0 Å². The molecule has 0 unspecified atom stereocenters. The number of rotatable bonds is 3. The van der Waals surface area contributed by atoms with E-state index in [4.69, 9.17) is 4.74 Å². The molecule has 0 aliphatic carbocycles. The first kappa shape index (κ1) is 28.2. The molecule has 3 aliphatic rings. The fraction of sp³-hybridized carbons (Fsp3) is 0. The maximum absolute atomic E-state index is 7.02. The number of benzene rings is 8. The van der Waals surface area contributed by atoms with Crippen molar-refractivity contribution < 1.29 is 4.74 Å². The Labute approximate surface area is 297 Å². The summed E-state index contributed by atoms with van der Waals surface area (Å²) in [5.41, 5.74) is 13.6. The number of anilines is 9. The summed E-state index contributed by atoms with van der Waals surface area (Å²) >= 11 is 0. The molecule has 0 radical (unpaired) electrons. The second-order valence-corrected chi connectivity index (χ2v) is 13.3. The van der Waals surface area contributed by atoms with Gasteiger partial charge in [-0.25, -0.2) is 0 Å². The van der Waals surface area contributed by atoms with Gasteiger partial charge in [0.05, 0.1) is 34.1 Å². The molecule has 51 heavy (non-hydrogen) atoms. The van der Waals surface area contributed by atoms with E-state index in [0.717, 1.165) is 57.0 Å². The molecule has 0 saturated heterocycles. The van der Waals surface area contributed by atoms with Crippen LogP contribution in [-0.2, 0) is 0 Å². The molecule has 0 saturated carbocycles. The van der Waals surface area contributed by atoms with Gasteiger partial charge >= 0.3 is 0 Å².